The number of carboxylic acids is 1. The highest BCUT2D eigenvalue weighted by atomic mass is 16.4. The number of carbonyl (C=O) groups is 2. The fraction of sp³-hybridized carbons (Fsp3) is 0.571. The third kappa shape index (κ3) is 2.97. The van der Waals surface area contributed by atoms with Crippen molar-refractivity contribution in [3.63, 3.8) is 0 Å². The van der Waals surface area contributed by atoms with Crippen LogP contribution in [0.2, 0.25) is 0 Å². The van der Waals surface area contributed by atoms with Gasteiger partial charge in [-0.2, -0.15) is 0 Å². The van der Waals surface area contributed by atoms with Gasteiger partial charge in [-0.3, -0.25) is 9.59 Å². The Morgan fingerprint density at radius 2 is 2.05 bits per heavy atom. The molecule has 19 heavy (non-hydrogen) atoms. The smallest absolute Gasteiger partial charge is 0.311 e. The number of hydrogen-bond donors (Lipinski definition) is 1. The molecule has 1 aromatic heterocycles. The van der Waals surface area contributed by atoms with E-state index in [4.69, 9.17) is 9.52 Å². The third-order valence-electron chi connectivity index (χ3n) is 3.65. The van der Waals surface area contributed by atoms with Crippen LogP contribution < -0.4 is 0 Å². The minimum absolute atomic E-state index is 0.102. The first-order chi connectivity index (χ1) is 8.99. The Bertz CT molecular complexity index is 484. The van der Waals surface area contributed by atoms with Crippen molar-refractivity contribution < 1.29 is 19.1 Å². The molecule has 104 valence electrons. The minimum atomic E-state index is -0.990. The number of piperidine rings is 1. The highest BCUT2D eigenvalue weighted by molar-refractivity contribution is 5.97. The SMILES string of the molecule is Cc1coc(CC(=O)O)c1C(=O)N1CCC(C)CC1. The van der Waals surface area contributed by atoms with Gasteiger partial charge in [0.2, 0.25) is 0 Å². The van der Waals surface area contributed by atoms with Crippen molar-refractivity contribution in [3.05, 3.63) is 23.2 Å². The zero-order valence-corrected chi connectivity index (χ0v) is 11.3. The number of aryl methyl sites for hydroxylation is 1. The van der Waals surface area contributed by atoms with Crippen molar-refractivity contribution in [1.82, 2.24) is 4.90 Å². The Labute approximate surface area is 112 Å². The summed E-state index contributed by atoms with van der Waals surface area (Å²) in [7, 11) is 0. The molecule has 5 nitrogen and oxygen atoms in total. The number of amides is 1. The fourth-order valence-corrected chi connectivity index (χ4v) is 2.42. The van der Waals surface area contributed by atoms with Crippen LogP contribution in [0, 0.1) is 12.8 Å². The molecule has 2 rings (SSSR count). The van der Waals surface area contributed by atoms with Gasteiger partial charge in [0.05, 0.1) is 11.8 Å². The normalized spacial score (nSPS) is 16.6. The number of nitrogens with zero attached hydrogens (tertiary/aromatic N) is 1. The molecule has 0 spiro atoms. The summed E-state index contributed by atoms with van der Waals surface area (Å²) in [4.78, 5) is 25.0. The number of carboxylic acid groups (broad SMARTS) is 1. The van der Waals surface area contributed by atoms with Crippen molar-refractivity contribution in [2.45, 2.75) is 33.1 Å². The highest BCUT2D eigenvalue weighted by Crippen LogP contribution is 2.23. The number of aliphatic carboxylic acids is 1. The van der Waals surface area contributed by atoms with Crippen molar-refractivity contribution in [2.75, 3.05) is 13.1 Å². The summed E-state index contributed by atoms with van der Waals surface area (Å²) in [5.74, 6) is -0.188. The van der Waals surface area contributed by atoms with Gasteiger partial charge in [-0.25, -0.2) is 0 Å². The summed E-state index contributed by atoms with van der Waals surface area (Å²) in [6.07, 6.45) is 3.20. The summed E-state index contributed by atoms with van der Waals surface area (Å²) in [6.45, 7) is 5.42. The number of rotatable bonds is 3. The maximum absolute atomic E-state index is 12.5. The molecule has 1 N–H and O–H groups in total. The Morgan fingerprint density at radius 3 is 2.63 bits per heavy atom. The predicted molar refractivity (Wildman–Crippen MR) is 69.1 cm³/mol. The number of carbonyl (C=O) groups excluding carboxylic acids is 1. The van der Waals surface area contributed by atoms with Crippen LogP contribution in [0.25, 0.3) is 0 Å². The van der Waals surface area contributed by atoms with E-state index in [-0.39, 0.29) is 18.1 Å². The van der Waals surface area contributed by atoms with E-state index in [1.807, 2.05) is 0 Å². The van der Waals surface area contributed by atoms with Gasteiger partial charge in [0.1, 0.15) is 12.2 Å². The lowest BCUT2D eigenvalue weighted by Crippen LogP contribution is -2.38. The summed E-state index contributed by atoms with van der Waals surface area (Å²) < 4.78 is 5.21. The van der Waals surface area contributed by atoms with Crippen LogP contribution in [0.15, 0.2) is 10.7 Å². The highest BCUT2D eigenvalue weighted by Gasteiger charge is 2.27. The van der Waals surface area contributed by atoms with Gasteiger partial charge in [-0.15, -0.1) is 0 Å². The van der Waals surface area contributed by atoms with Crippen LogP contribution in [-0.2, 0) is 11.2 Å². The molecule has 1 saturated heterocycles. The molecule has 0 saturated carbocycles. The monoisotopic (exact) mass is 265 g/mol. The summed E-state index contributed by atoms with van der Waals surface area (Å²) in [5, 5.41) is 8.84. The molecule has 0 aromatic carbocycles. The first-order valence-corrected chi connectivity index (χ1v) is 6.57. The molecule has 1 aromatic rings. The third-order valence-corrected chi connectivity index (χ3v) is 3.65. The topological polar surface area (TPSA) is 70.7 Å². The van der Waals surface area contributed by atoms with E-state index in [2.05, 4.69) is 6.92 Å². The Hall–Kier alpha value is -1.78. The average molecular weight is 265 g/mol. The Kier molecular flexibility index (Phi) is 3.93. The van der Waals surface area contributed by atoms with Crippen LogP contribution in [0.4, 0.5) is 0 Å². The van der Waals surface area contributed by atoms with Gasteiger partial charge >= 0.3 is 5.97 Å². The second kappa shape index (κ2) is 5.47. The van der Waals surface area contributed by atoms with Crippen LogP contribution in [0.5, 0.6) is 0 Å². The van der Waals surface area contributed by atoms with Crippen molar-refractivity contribution in [1.29, 1.82) is 0 Å². The molecule has 0 bridgehead atoms. The largest absolute Gasteiger partial charge is 0.481 e. The van der Waals surface area contributed by atoms with Crippen LogP contribution in [0.1, 0.15) is 41.4 Å². The van der Waals surface area contributed by atoms with E-state index < -0.39 is 5.97 Å². The van der Waals surface area contributed by atoms with Crippen LogP contribution >= 0.6 is 0 Å². The standard InChI is InChI=1S/C14H19NO4/c1-9-3-5-15(6-4-9)14(18)13-10(2)8-19-11(13)7-12(16)17/h8-9H,3-7H2,1-2H3,(H,16,17). The lowest BCUT2D eigenvalue weighted by Gasteiger charge is -2.30. The van der Waals surface area contributed by atoms with Crippen molar-refractivity contribution in [3.8, 4) is 0 Å². The van der Waals surface area contributed by atoms with E-state index in [0.29, 0.717) is 17.0 Å². The summed E-state index contributed by atoms with van der Waals surface area (Å²) in [5.41, 5.74) is 1.14. The molecule has 1 fully saturated rings. The van der Waals surface area contributed by atoms with E-state index in [9.17, 15) is 9.59 Å². The maximum Gasteiger partial charge on any atom is 0.311 e. The molecule has 1 aliphatic heterocycles. The number of furan rings is 1. The predicted octanol–water partition coefficient (Wildman–Crippen LogP) is 2.09. The summed E-state index contributed by atoms with van der Waals surface area (Å²) in [6, 6.07) is 0. The van der Waals surface area contributed by atoms with Gasteiger partial charge in [0, 0.05) is 18.7 Å². The lowest BCUT2D eigenvalue weighted by molar-refractivity contribution is -0.136. The molecule has 5 heteroatoms. The van der Waals surface area contributed by atoms with Gasteiger partial charge < -0.3 is 14.4 Å². The fourth-order valence-electron chi connectivity index (χ4n) is 2.42. The lowest BCUT2D eigenvalue weighted by atomic mass is 9.98. The van der Waals surface area contributed by atoms with Gasteiger partial charge in [-0.1, -0.05) is 6.92 Å². The maximum atomic E-state index is 12.5. The van der Waals surface area contributed by atoms with Crippen LogP contribution in [0.3, 0.4) is 0 Å². The molecule has 0 radical (unpaired) electrons. The molecule has 2 heterocycles. The Morgan fingerprint density at radius 1 is 1.42 bits per heavy atom. The zero-order valence-electron chi connectivity index (χ0n) is 11.3. The number of likely N-dealkylation sites (tertiary alicyclic amines) is 1. The first-order valence-electron chi connectivity index (χ1n) is 6.57. The van der Waals surface area contributed by atoms with E-state index in [1.54, 1.807) is 11.8 Å². The second-order valence-corrected chi connectivity index (χ2v) is 5.26. The van der Waals surface area contributed by atoms with E-state index >= 15 is 0 Å². The molecule has 0 unspecified atom stereocenters. The molecular formula is C14H19NO4. The Balaban J connectivity index is 2.18. The molecule has 1 aliphatic rings. The van der Waals surface area contributed by atoms with Gasteiger partial charge in [-0.05, 0) is 25.7 Å². The van der Waals surface area contributed by atoms with Gasteiger partial charge in [0.15, 0.2) is 0 Å². The summed E-state index contributed by atoms with van der Waals surface area (Å²) >= 11 is 0. The second-order valence-electron chi connectivity index (χ2n) is 5.26. The van der Waals surface area contributed by atoms with Crippen LogP contribution in [-0.4, -0.2) is 35.0 Å². The van der Waals surface area contributed by atoms with E-state index in [1.165, 1.54) is 6.26 Å². The zero-order chi connectivity index (χ0) is 14.0. The minimum Gasteiger partial charge on any atom is -0.481 e. The van der Waals surface area contributed by atoms with Crippen molar-refractivity contribution >= 4 is 11.9 Å². The molecule has 0 aliphatic carbocycles. The average Bonchev–Trinajstić information content (AvgIpc) is 2.70. The van der Waals surface area contributed by atoms with E-state index in [0.717, 1.165) is 25.9 Å². The quantitative estimate of drug-likeness (QED) is 0.908. The van der Waals surface area contributed by atoms with Gasteiger partial charge in [0.25, 0.3) is 5.91 Å². The number of hydrogen-bond acceptors (Lipinski definition) is 3. The first kappa shape index (κ1) is 13.6. The molecule has 0 atom stereocenters. The molecule has 1 amide bonds. The molecular weight excluding hydrogens is 246 g/mol. The van der Waals surface area contributed by atoms with Crippen molar-refractivity contribution in [2.24, 2.45) is 5.92 Å².